The average Bonchev–Trinajstić information content (AvgIpc) is 3.10. The normalized spacial score (nSPS) is 17.0. The van der Waals surface area contributed by atoms with Gasteiger partial charge in [0.25, 0.3) is 0 Å². The van der Waals surface area contributed by atoms with Crippen LogP contribution in [0.25, 0.3) is 0 Å². The number of carbonyl (C=O) groups is 5. The number of hydrogen-bond donors (Lipinski definition) is 4. The van der Waals surface area contributed by atoms with Gasteiger partial charge in [-0.1, -0.05) is 94.9 Å². The molecule has 0 radical (unpaired) electrons. The van der Waals surface area contributed by atoms with Crippen molar-refractivity contribution >= 4 is 29.4 Å². The second kappa shape index (κ2) is 21.2. The van der Waals surface area contributed by atoms with E-state index < -0.39 is 41.9 Å². The van der Waals surface area contributed by atoms with E-state index in [1.165, 1.54) is 0 Å². The van der Waals surface area contributed by atoms with Crippen LogP contribution in [0.2, 0.25) is 0 Å². The molecule has 3 rings (SSSR count). The molecule has 1 heterocycles. The Bertz CT molecular complexity index is 1480. The Labute approximate surface area is 309 Å². The number of rotatable bonds is 20. The molecule has 0 saturated carbocycles. The van der Waals surface area contributed by atoms with Crippen LogP contribution < -0.4 is 21.3 Å². The van der Waals surface area contributed by atoms with Crippen LogP contribution in [0.1, 0.15) is 71.9 Å². The van der Waals surface area contributed by atoms with Gasteiger partial charge in [-0.15, -0.1) is 0 Å². The van der Waals surface area contributed by atoms with Crippen molar-refractivity contribution in [2.24, 2.45) is 11.8 Å². The first-order valence-electron chi connectivity index (χ1n) is 18.5. The maximum absolute atomic E-state index is 14.1. The number of Topliss-reactive ketones (excluding diaryl/α,β-unsaturated/α-hetero) is 1. The number of benzene rings is 2. The quantitative estimate of drug-likeness (QED) is 0.153. The van der Waals surface area contributed by atoms with Crippen LogP contribution >= 0.6 is 0 Å². The molecular weight excluding hydrogens is 658 g/mol. The molecule has 0 aliphatic carbocycles. The smallest absolute Gasteiger partial charge is 0.243 e. The van der Waals surface area contributed by atoms with Crippen LogP contribution in [0.4, 0.5) is 0 Å². The third kappa shape index (κ3) is 14.3. The first kappa shape index (κ1) is 42.1. The van der Waals surface area contributed by atoms with Gasteiger partial charge in [0.05, 0.1) is 25.8 Å². The van der Waals surface area contributed by atoms with Gasteiger partial charge in [0.15, 0.2) is 5.78 Å². The van der Waals surface area contributed by atoms with E-state index in [4.69, 9.17) is 4.74 Å². The predicted octanol–water partition coefficient (Wildman–Crippen LogP) is 3.76. The number of ketones is 1. The number of aryl methyl sites for hydroxylation is 1. The molecule has 1 saturated heterocycles. The molecule has 1 fully saturated rings. The van der Waals surface area contributed by atoms with Crippen molar-refractivity contribution in [2.75, 3.05) is 26.3 Å². The molecule has 11 nitrogen and oxygen atoms in total. The van der Waals surface area contributed by atoms with Gasteiger partial charge in [-0.3, -0.25) is 28.9 Å². The summed E-state index contributed by atoms with van der Waals surface area (Å²) >= 11 is 0. The molecule has 4 amide bonds. The van der Waals surface area contributed by atoms with Crippen LogP contribution in [0.15, 0.2) is 72.8 Å². The zero-order valence-electron chi connectivity index (χ0n) is 31.8. The zero-order chi connectivity index (χ0) is 38.2. The number of amides is 4. The third-order valence-electron chi connectivity index (χ3n) is 9.08. The highest BCUT2D eigenvalue weighted by molar-refractivity contribution is 6.01. The molecule has 52 heavy (non-hydrogen) atoms. The Morgan fingerprint density at radius 1 is 0.750 bits per heavy atom. The first-order chi connectivity index (χ1) is 24.7. The second-order valence-electron chi connectivity index (χ2n) is 14.8. The lowest BCUT2D eigenvalue weighted by Gasteiger charge is -2.33. The van der Waals surface area contributed by atoms with Crippen LogP contribution in [0.3, 0.4) is 0 Å². The fourth-order valence-electron chi connectivity index (χ4n) is 6.22. The van der Waals surface area contributed by atoms with Crippen LogP contribution in [0.5, 0.6) is 0 Å². The van der Waals surface area contributed by atoms with Gasteiger partial charge >= 0.3 is 0 Å². The van der Waals surface area contributed by atoms with E-state index in [1.807, 2.05) is 100 Å². The minimum absolute atomic E-state index is 0.0150. The number of ether oxygens (including phenoxy) is 1. The van der Waals surface area contributed by atoms with E-state index in [-0.39, 0.29) is 42.5 Å². The SMILES string of the molecule is C=C(C)C(=O)[C@H](CC(C)C)NC(=O)[C@H](Cc1ccccc1)NC(=O)[C@H](CC(C)C)NC(=O)[C@H](CCc1ccccc1)NC(=O)CN1CCOC[C@H]1C. The van der Waals surface area contributed by atoms with Crippen molar-refractivity contribution in [3.05, 3.63) is 83.9 Å². The molecule has 4 N–H and O–H groups in total. The largest absolute Gasteiger partial charge is 0.379 e. The summed E-state index contributed by atoms with van der Waals surface area (Å²) in [5.74, 6) is -1.92. The van der Waals surface area contributed by atoms with Gasteiger partial charge in [-0.25, -0.2) is 0 Å². The maximum atomic E-state index is 14.1. The summed E-state index contributed by atoms with van der Waals surface area (Å²) in [7, 11) is 0. The number of carbonyl (C=O) groups excluding carboxylic acids is 5. The summed E-state index contributed by atoms with van der Waals surface area (Å²) in [5, 5.41) is 11.6. The van der Waals surface area contributed by atoms with Gasteiger partial charge in [-0.05, 0) is 68.1 Å². The van der Waals surface area contributed by atoms with Crippen molar-refractivity contribution in [3.8, 4) is 0 Å². The Balaban J connectivity index is 1.83. The Morgan fingerprint density at radius 3 is 1.85 bits per heavy atom. The lowest BCUT2D eigenvalue weighted by Crippen LogP contribution is -2.59. The van der Waals surface area contributed by atoms with Crippen molar-refractivity contribution < 1.29 is 28.7 Å². The Hall–Kier alpha value is -4.35. The fraction of sp³-hybridized carbons (Fsp3) is 0.537. The number of hydrogen-bond acceptors (Lipinski definition) is 7. The molecule has 2 aromatic rings. The number of morpholine rings is 1. The first-order valence-corrected chi connectivity index (χ1v) is 18.5. The summed E-state index contributed by atoms with van der Waals surface area (Å²) in [6.45, 7) is 17.0. The van der Waals surface area contributed by atoms with Crippen LogP contribution in [-0.2, 0) is 41.6 Å². The lowest BCUT2D eigenvalue weighted by atomic mass is 9.96. The van der Waals surface area contributed by atoms with E-state index in [0.717, 1.165) is 11.1 Å². The van der Waals surface area contributed by atoms with E-state index in [0.29, 0.717) is 51.0 Å². The average molecular weight is 718 g/mol. The van der Waals surface area contributed by atoms with Crippen molar-refractivity contribution in [1.82, 2.24) is 26.2 Å². The minimum atomic E-state index is -1.03. The molecule has 5 atom stereocenters. The standard InChI is InChI=1S/C41H59N5O6/c1-27(2)22-34(38(48)29(5)6)43-41(51)36(24-32-16-12-9-13-17-32)45-40(50)35(23-28(3)4)44-39(49)33(19-18-31-14-10-8-11-15-31)42-37(47)25-46-20-21-52-26-30(46)7/h8-17,27-28,30,33-36H,5,18-26H2,1-4,6-7H3,(H,42,47)(H,43,51)(H,44,49)(H,45,50)/t30-,33+,34+,35+,36+/m1/s1. The monoisotopic (exact) mass is 717 g/mol. The maximum Gasteiger partial charge on any atom is 0.243 e. The van der Waals surface area contributed by atoms with E-state index in [2.05, 4.69) is 27.8 Å². The van der Waals surface area contributed by atoms with Crippen molar-refractivity contribution in [2.45, 2.75) is 104 Å². The lowest BCUT2D eigenvalue weighted by molar-refractivity contribution is -0.135. The molecule has 0 aromatic heterocycles. The number of nitrogens with one attached hydrogen (secondary N) is 4. The van der Waals surface area contributed by atoms with Gasteiger partial charge < -0.3 is 26.0 Å². The van der Waals surface area contributed by atoms with E-state index >= 15 is 0 Å². The molecule has 0 unspecified atom stereocenters. The van der Waals surface area contributed by atoms with E-state index in [1.54, 1.807) is 6.92 Å². The molecule has 0 bridgehead atoms. The predicted molar refractivity (Wildman–Crippen MR) is 203 cm³/mol. The zero-order valence-corrected chi connectivity index (χ0v) is 31.8. The van der Waals surface area contributed by atoms with Gasteiger partial charge in [0, 0.05) is 19.0 Å². The van der Waals surface area contributed by atoms with Crippen LogP contribution in [-0.4, -0.2) is 90.8 Å². The highest BCUT2D eigenvalue weighted by atomic mass is 16.5. The van der Waals surface area contributed by atoms with Crippen molar-refractivity contribution in [1.29, 1.82) is 0 Å². The summed E-state index contributed by atoms with van der Waals surface area (Å²) in [6, 6.07) is 15.3. The Morgan fingerprint density at radius 2 is 1.27 bits per heavy atom. The second-order valence-corrected chi connectivity index (χ2v) is 14.8. The summed E-state index contributed by atoms with van der Waals surface area (Å²) in [4.78, 5) is 70.2. The minimum Gasteiger partial charge on any atom is -0.379 e. The number of nitrogens with zero attached hydrogens (tertiary/aromatic N) is 1. The van der Waals surface area contributed by atoms with Crippen molar-refractivity contribution in [3.63, 3.8) is 0 Å². The summed E-state index contributed by atoms with van der Waals surface area (Å²) in [5.41, 5.74) is 2.17. The molecule has 1 aliphatic heterocycles. The molecule has 11 heteroatoms. The highest BCUT2D eigenvalue weighted by Crippen LogP contribution is 2.13. The molecular formula is C41H59N5O6. The van der Waals surface area contributed by atoms with Gasteiger partial charge in [0.2, 0.25) is 23.6 Å². The topological polar surface area (TPSA) is 146 Å². The van der Waals surface area contributed by atoms with Gasteiger partial charge in [-0.2, -0.15) is 0 Å². The van der Waals surface area contributed by atoms with Gasteiger partial charge in [0.1, 0.15) is 18.1 Å². The molecule has 0 spiro atoms. The molecule has 2 aromatic carbocycles. The summed E-state index contributed by atoms with van der Waals surface area (Å²) < 4.78 is 5.51. The molecule has 284 valence electrons. The third-order valence-corrected chi connectivity index (χ3v) is 9.08. The fourth-order valence-corrected chi connectivity index (χ4v) is 6.22. The van der Waals surface area contributed by atoms with Crippen LogP contribution in [0, 0.1) is 11.8 Å². The molecule has 1 aliphatic rings. The van der Waals surface area contributed by atoms with E-state index in [9.17, 15) is 24.0 Å². The summed E-state index contributed by atoms with van der Waals surface area (Å²) in [6.07, 6.45) is 1.74. The highest BCUT2D eigenvalue weighted by Gasteiger charge is 2.32. The Kier molecular flexibility index (Phi) is 17.2.